The van der Waals surface area contributed by atoms with E-state index < -0.39 is 108 Å². The number of hydrogen-bond acceptors (Lipinski definition) is 16. The Hall–Kier alpha value is -3.71. The number of rotatable bonds is 6. The first-order valence-electron chi connectivity index (χ1n) is 13.0. The number of hydrogen-bond donors (Lipinski definition) is 10. The monoisotopic (exact) mass is 610 g/mol. The molecule has 0 saturated carbocycles. The first-order chi connectivity index (χ1) is 20.3. The van der Waals surface area contributed by atoms with Gasteiger partial charge >= 0.3 is 0 Å². The molecule has 2 aliphatic heterocycles. The van der Waals surface area contributed by atoms with Gasteiger partial charge in [-0.25, -0.2) is 0 Å². The highest BCUT2D eigenvalue weighted by Gasteiger charge is 2.47. The summed E-state index contributed by atoms with van der Waals surface area (Å²) in [5.41, 5.74) is -1.33. The molecule has 16 nitrogen and oxygen atoms in total. The van der Waals surface area contributed by atoms with Crippen LogP contribution in [0.2, 0.25) is 0 Å². The number of phenolic OH excluding ortho intramolecular Hbond substituents is 3. The third-order valence-electron chi connectivity index (χ3n) is 7.32. The van der Waals surface area contributed by atoms with E-state index in [0.29, 0.717) is 0 Å². The molecule has 0 radical (unpaired) electrons. The molecule has 234 valence electrons. The Bertz CT molecular complexity index is 1540. The van der Waals surface area contributed by atoms with Gasteiger partial charge in [0.1, 0.15) is 65.2 Å². The van der Waals surface area contributed by atoms with Crippen molar-refractivity contribution in [2.24, 2.45) is 0 Å². The molecule has 3 aromatic rings. The minimum atomic E-state index is -1.83. The van der Waals surface area contributed by atoms with Crippen molar-refractivity contribution in [2.75, 3.05) is 6.61 Å². The Labute approximate surface area is 241 Å². The van der Waals surface area contributed by atoms with E-state index in [1.54, 1.807) is 0 Å². The van der Waals surface area contributed by atoms with E-state index in [4.69, 9.17) is 23.4 Å². The van der Waals surface area contributed by atoms with E-state index >= 15 is 0 Å². The summed E-state index contributed by atoms with van der Waals surface area (Å²) in [5, 5.41) is 101. The molecule has 0 unspecified atom stereocenters. The second kappa shape index (κ2) is 11.8. The van der Waals surface area contributed by atoms with Crippen LogP contribution in [0.15, 0.2) is 39.5 Å². The maximum atomic E-state index is 12.8. The van der Waals surface area contributed by atoms with Gasteiger partial charge in [-0.1, -0.05) is 0 Å². The van der Waals surface area contributed by atoms with Crippen LogP contribution < -0.4 is 10.2 Å². The smallest absolute Gasteiger partial charge is 0.238 e. The van der Waals surface area contributed by atoms with Crippen LogP contribution in [0.25, 0.3) is 22.3 Å². The zero-order valence-corrected chi connectivity index (χ0v) is 22.3. The SMILES string of the molecule is C[C@H]1O[C@H](OC[C@H]2O[C@@H](Oc3cc(O)c4c(=O)c(O)c(-c5ccc(O)c(O)c5)oc4c3)[C@H](O)[C@@H](O)[C@H]2O)[C@@H](O)[C@@H](O)[C@@H]1O. The van der Waals surface area contributed by atoms with Gasteiger partial charge in [-0.3, -0.25) is 4.79 Å². The summed E-state index contributed by atoms with van der Waals surface area (Å²) in [6.07, 6.45) is -15.4. The maximum absolute atomic E-state index is 12.8. The summed E-state index contributed by atoms with van der Waals surface area (Å²) in [6.45, 7) is 0.897. The summed E-state index contributed by atoms with van der Waals surface area (Å²) in [5.74, 6) is -3.27. The van der Waals surface area contributed by atoms with Gasteiger partial charge in [0, 0.05) is 17.7 Å². The van der Waals surface area contributed by atoms with Crippen LogP contribution >= 0.6 is 0 Å². The lowest BCUT2D eigenvalue weighted by Gasteiger charge is -2.42. The fourth-order valence-corrected chi connectivity index (χ4v) is 4.82. The molecule has 0 bridgehead atoms. The van der Waals surface area contributed by atoms with Gasteiger partial charge in [0.05, 0.1) is 12.7 Å². The van der Waals surface area contributed by atoms with Crippen LogP contribution in [0.4, 0.5) is 0 Å². The molecule has 2 aromatic carbocycles. The number of benzene rings is 2. The van der Waals surface area contributed by atoms with Gasteiger partial charge in [-0.05, 0) is 25.1 Å². The highest BCUT2D eigenvalue weighted by Crippen LogP contribution is 2.38. The van der Waals surface area contributed by atoms with Crippen LogP contribution in [0.1, 0.15) is 6.92 Å². The van der Waals surface area contributed by atoms with Gasteiger partial charge in [0.2, 0.25) is 17.5 Å². The van der Waals surface area contributed by atoms with Crippen LogP contribution in [0.3, 0.4) is 0 Å². The number of aromatic hydroxyl groups is 4. The third-order valence-corrected chi connectivity index (χ3v) is 7.32. The van der Waals surface area contributed by atoms with E-state index in [0.717, 1.165) is 24.3 Å². The Balaban J connectivity index is 1.39. The summed E-state index contributed by atoms with van der Waals surface area (Å²) in [6, 6.07) is 5.44. The molecule has 0 spiro atoms. The average Bonchev–Trinajstić information content (AvgIpc) is 2.97. The number of phenols is 3. The second-order valence-electron chi connectivity index (χ2n) is 10.3. The largest absolute Gasteiger partial charge is 0.507 e. The first kappa shape index (κ1) is 30.7. The number of ether oxygens (including phenoxy) is 4. The van der Waals surface area contributed by atoms with Crippen molar-refractivity contribution < 1.29 is 74.4 Å². The summed E-state index contributed by atoms with van der Waals surface area (Å²) >= 11 is 0. The van der Waals surface area contributed by atoms with Gasteiger partial charge in [-0.15, -0.1) is 0 Å². The molecular formula is C27H30O16. The van der Waals surface area contributed by atoms with E-state index in [1.165, 1.54) is 13.0 Å². The van der Waals surface area contributed by atoms with Gasteiger partial charge in [-0.2, -0.15) is 0 Å². The quantitative estimate of drug-likeness (QED) is 0.140. The molecule has 2 saturated heterocycles. The van der Waals surface area contributed by atoms with Gasteiger partial charge < -0.3 is 74.4 Å². The standard InChI is InChI=1S/C27H30O16/c1-8-17(31)20(34)23(37)26(40-8)39-7-15-18(32)21(35)24(38)27(43-15)41-10-5-13(30)16-14(6-10)42-25(22(36)19(16)33)9-2-3-11(28)12(29)4-9/h2-6,8,15,17-18,20-21,23-24,26-32,34-38H,7H2,1H3/t8-,15-,17-,18+,20+,21+,23+,24-,26+,27-/m1/s1. The molecule has 0 amide bonds. The molecule has 2 fully saturated rings. The molecule has 10 atom stereocenters. The summed E-state index contributed by atoms with van der Waals surface area (Å²) < 4.78 is 27.6. The number of aliphatic hydroxyl groups excluding tert-OH is 6. The lowest BCUT2D eigenvalue weighted by atomic mass is 9.98. The lowest BCUT2D eigenvalue weighted by Crippen LogP contribution is -2.61. The third kappa shape index (κ3) is 5.67. The minimum absolute atomic E-state index is 0.00656. The minimum Gasteiger partial charge on any atom is -0.507 e. The Morgan fingerprint density at radius 1 is 0.744 bits per heavy atom. The van der Waals surface area contributed by atoms with Crippen LogP contribution in [0, 0.1) is 0 Å². The molecule has 10 N–H and O–H groups in total. The van der Waals surface area contributed by atoms with Crippen LogP contribution in [-0.4, -0.2) is 119 Å². The van der Waals surface area contributed by atoms with Gasteiger partial charge in [0.15, 0.2) is 23.5 Å². The zero-order chi connectivity index (χ0) is 31.3. The van der Waals surface area contributed by atoms with Crippen molar-refractivity contribution in [3.8, 4) is 40.1 Å². The second-order valence-corrected chi connectivity index (χ2v) is 10.3. The van der Waals surface area contributed by atoms with E-state index in [-0.39, 0.29) is 16.9 Å². The highest BCUT2D eigenvalue weighted by atomic mass is 16.7. The summed E-state index contributed by atoms with van der Waals surface area (Å²) in [4.78, 5) is 12.8. The van der Waals surface area contributed by atoms with Crippen molar-refractivity contribution in [3.05, 3.63) is 40.6 Å². The zero-order valence-electron chi connectivity index (χ0n) is 22.3. The van der Waals surface area contributed by atoms with Gasteiger partial charge in [0.25, 0.3) is 0 Å². The first-order valence-corrected chi connectivity index (χ1v) is 13.0. The highest BCUT2D eigenvalue weighted by molar-refractivity contribution is 5.88. The average molecular weight is 611 g/mol. The summed E-state index contributed by atoms with van der Waals surface area (Å²) in [7, 11) is 0. The van der Waals surface area contributed by atoms with Crippen molar-refractivity contribution >= 4 is 11.0 Å². The van der Waals surface area contributed by atoms with E-state index in [1.807, 2.05) is 0 Å². The molecule has 0 aliphatic carbocycles. The number of fused-ring (bicyclic) bond motifs is 1. The fraction of sp³-hybridized carbons (Fsp3) is 0.444. The molecule has 43 heavy (non-hydrogen) atoms. The predicted molar refractivity (Wildman–Crippen MR) is 140 cm³/mol. The van der Waals surface area contributed by atoms with Crippen molar-refractivity contribution in [3.63, 3.8) is 0 Å². The van der Waals surface area contributed by atoms with Crippen LogP contribution in [0.5, 0.6) is 28.7 Å². The van der Waals surface area contributed by atoms with Crippen molar-refractivity contribution in [1.29, 1.82) is 0 Å². The normalized spacial score (nSPS) is 33.0. The predicted octanol–water partition coefficient (Wildman–Crippen LogP) is -1.69. The molecular weight excluding hydrogens is 580 g/mol. The fourth-order valence-electron chi connectivity index (χ4n) is 4.82. The molecule has 5 rings (SSSR count). The lowest BCUT2D eigenvalue weighted by molar-refractivity contribution is -0.318. The van der Waals surface area contributed by atoms with Crippen molar-refractivity contribution in [2.45, 2.75) is 68.3 Å². The Morgan fingerprint density at radius 3 is 2.12 bits per heavy atom. The molecule has 2 aliphatic rings. The topological polar surface area (TPSA) is 269 Å². The van der Waals surface area contributed by atoms with Crippen LogP contribution in [-0.2, 0) is 14.2 Å². The molecule has 16 heteroatoms. The van der Waals surface area contributed by atoms with E-state index in [2.05, 4.69) is 0 Å². The Kier molecular flexibility index (Phi) is 8.41. The van der Waals surface area contributed by atoms with E-state index in [9.17, 15) is 55.9 Å². The molecule has 1 aromatic heterocycles. The molecule has 3 heterocycles. The maximum Gasteiger partial charge on any atom is 0.238 e. The number of aliphatic hydroxyl groups is 6. The van der Waals surface area contributed by atoms with Crippen molar-refractivity contribution in [1.82, 2.24) is 0 Å². The Morgan fingerprint density at radius 2 is 1.42 bits per heavy atom.